The molecule has 1 fully saturated rings. The summed E-state index contributed by atoms with van der Waals surface area (Å²) >= 11 is 0. The maximum atomic E-state index is 12.4. The van der Waals surface area contributed by atoms with E-state index in [-0.39, 0.29) is 11.1 Å². The number of hydrogen-bond donors (Lipinski definition) is 3. The van der Waals surface area contributed by atoms with E-state index in [1.165, 1.54) is 0 Å². The van der Waals surface area contributed by atoms with Crippen LogP contribution < -0.4 is 10.0 Å². The number of hydrogen-bond acceptors (Lipinski definition) is 4. The molecule has 0 saturated heterocycles. The van der Waals surface area contributed by atoms with Gasteiger partial charge in [-0.1, -0.05) is 6.92 Å². The summed E-state index contributed by atoms with van der Waals surface area (Å²) in [6.45, 7) is 7.03. The monoisotopic (exact) mass is 286 g/mol. The van der Waals surface area contributed by atoms with Crippen molar-refractivity contribution in [2.45, 2.75) is 51.2 Å². The average Bonchev–Trinajstić information content (AvgIpc) is 3.11. The Balaban J connectivity index is 2.19. The summed E-state index contributed by atoms with van der Waals surface area (Å²) in [4.78, 5) is 0. The Labute approximate surface area is 114 Å². The molecule has 1 saturated carbocycles. The Hall–Kier alpha value is -0.920. The highest BCUT2D eigenvalue weighted by atomic mass is 32.2. The van der Waals surface area contributed by atoms with Crippen molar-refractivity contribution < 1.29 is 8.42 Å². The Morgan fingerprint density at radius 1 is 1.47 bits per heavy atom. The van der Waals surface area contributed by atoms with Crippen LogP contribution >= 0.6 is 0 Å². The summed E-state index contributed by atoms with van der Waals surface area (Å²) in [5.74, 6) is 0.479. The van der Waals surface area contributed by atoms with Crippen LogP contribution in [0.25, 0.3) is 0 Å². The summed E-state index contributed by atoms with van der Waals surface area (Å²) < 4.78 is 27.4. The van der Waals surface area contributed by atoms with Crippen molar-refractivity contribution >= 4 is 10.0 Å². The first-order valence-electron chi connectivity index (χ1n) is 6.72. The quantitative estimate of drug-likeness (QED) is 0.695. The van der Waals surface area contributed by atoms with Crippen LogP contribution in [0.5, 0.6) is 0 Å². The van der Waals surface area contributed by atoms with Gasteiger partial charge in [-0.15, -0.1) is 0 Å². The Morgan fingerprint density at radius 2 is 2.16 bits per heavy atom. The predicted octanol–water partition coefficient (Wildman–Crippen LogP) is 0.904. The van der Waals surface area contributed by atoms with Gasteiger partial charge in [0.05, 0.1) is 0 Å². The lowest BCUT2D eigenvalue weighted by Gasteiger charge is -2.13. The van der Waals surface area contributed by atoms with Gasteiger partial charge in [-0.05, 0) is 39.2 Å². The molecule has 0 spiro atoms. The van der Waals surface area contributed by atoms with Crippen molar-refractivity contribution in [3.05, 3.63) is 11.3 Å². The lowest BCUT2D eigenvalue weighted by molar-refractivity contribution is 0.533. The molecule has 1 aliphatic carbocycles. The molecule has 1 heterocycles. The number of nitrogens with zero attached hydrogens (tertiary/aromatic N) is 1. The topological polar surface area (TPSA) is 86.9 Å². The average molecular weight is 286 g/mol. The summed E-state index contributed by atoms with van der Waals surface area (Å²) in [7, 11) is -3.54. The molecule has 1 unspecified atom stereocenters. The fourth-order valence-electron chi connectivity index (χ4n) is 2.10. The number of aromatic nitrogens is 2. The van der Waals surface area contributed by atoms with Crippen LogP contribution in [-0.2, 0) is 16.6 Å². The van der Waals surface area contributed by atoms with Crippen molar-refractivity contribution in [2.75, 3.05) is 6.54 Å². The van der Waals surface area contributed by atoms with Crippen molar-refractivity contribution in [3.63, 3.8) is 0 Å². The van der Waals surface area contributed by atoms with E-state index in [1.807, 2.05) is 20.8 Å². The standard InChI is InChI=1S/C12H22N4O2S/c1-4-13-7-11-9(3)14-15-12(11)19(17,18)16-8(2)10-5-6-10/h8,10,13,16H,4-7H2,1-3H3,(H,14,15). The maximum Gasteiger partial charge on any atom is 0.260 e. The summed E-state index contributed by atoms with van der Waals surface area (Å²) in [5, 5.41) is 9.98. The molecule has 0 aliphatic heterocycles. The van der Waals surface area contributed by atoms with Crippen LogP contribution in [0.2, 0.25) is 0 Å². The van der Waals surface area contributed by atoms with Gasteiger partial charge in [0, 0.05) is 23.8 Å². The molecule has 0 aromatic carbocycles. The van der Waals surface area contributed by atoms with Crippen LogP contribution in [0.1, 0.15) is 37.9 Å². The van der Waals surface area contributed by atoms with Gasteiger partial charge in [-0.25, -0.2) is 13.1 Å². The number of sulfonamides is 1. The molecule has 0 amide bonds. The van der Waals surface area contributed by atoms with Crippen LogP contribution in [0.15, 0.2) is 5.03 Å². The molecule has 3 N–H and O–H groups in total. The predicted molar refractivity (Wildman–Crippen MR) is 73.2 cm³/mol. The molecule has 1 aliphatic rings. The highest BCUT2D eigenvalue weighted by Gasteiger charge is 2.33. The third-order valence-electron chi connectivity index (χ3n) is 3.51. The van der Waals surface area contributed by atoms with Gasteiger partial charge in [0.2, 0.25) is 0 Å². The SMILES string of the molecule is CCNCc1c(S(=O)(=O)NC(C)C2CC2)n[nH]c1C. The van der Waals surface area contributed by atoms with E-state index in [2.05, 4.69) is 20.2 Å². The number of aromatic amines is 1. The third kappa shape index (κ3) is 3.34. The normalized spacial score (nSPS) is 17.6. The molecule has 1 aromatic heterocycles. The zero-order chi connectivity index (χ0) is 14.0. The van der Waals surface area contributed by atoms with Crippen LogP contribution in [0.4, 0.5) is 0 Å². The smallest absolute Gasteiger partial charge is 0.260 e. The van der Waals surface area contributed by atoms with Crippen LogP contribution in [0, 0.1) is 12.8 Å². The Morgan fingerprint density at radius 3 is 2.74 bits per heavy atom. The van der Waals surface area contributed by atoms with E-state index >= 15 is 0 Å². The highest BCUT2D eigenvalue weighted by molar-refractivity contribution is 7.89. The lowest BCUT2D eigenvalue weighted by Crippen LogP contribution is -2.35. The van der Waals surface area contributed by atoms with Gasteiger partial charge in [0.25, 0.3) is 10.0 Å². The molecule has 7 heteroatoms. The van der Waals surface area contributed by atoms with Gasteiger partial charge >= 0.3 is 0 Å². The maximum absolute atomic E-state index is 12.4. The zero-order valence-electron chi connectivity index (χ0n) is 11.7. The van der Waals surface area contributed by atoms with E-state index in [0.717, 1.165) is 30.6 Å². The molecule has 2 rings (SSSR count). The molecular weight excluding hydrogens is 264 g/mol. The number of H-pyrrole nitrogens is 1. The second-order valence-electron chi connectivity index (χ2n) is 5.16. The van der Waals surface area contributed by atoms with Crippen LogP contribution in [-0.4, -0.2) is 31.2 Å². The minimum atomic E-state index is -3.54. The second-order valence-corrected chi connectivity index (χ2v) is 6.79. The molecule has 19 heavy (non-hydrogen) atoms. The molecule has 0 bridgehead atoms. The first-order valence-corrected chi connectivity index (χ1v) is 8.21. The van der Waals surface area contributed by atoms with Gasteiger partial charge in [-0.2, -0.15) is 5.10 Å². The lowest BCUT2D eigenvalue weighted by atomic mass is 10.2. The number of aryl methyl sites for hydroxylation is 1. The largest absolute Gasteiger partial charge is 0.313 e. The van der Waals surface area contributed by atoms with Crippen molar-refractivity contribution in [3.8, 4) is 0 Å². The van der Waals surface area contributed by atoms with Gasteiger partial charge in [-0.3, -0.25) is 5.10 Å². The Kier molecular flexibility index (Phi) is 4.27. The molecule has 6 nitrogen and oxygen atoms in total. The molecule has 108 valence electrons. The first kappa shape index (κ1) is 14.5. The zero-order valence-corrected chi connectivity index (χ0v) is 12.5. The summed E-state index contributed by atoms with van der Waals surface area (Å²) in [5.41, 5.74) is 1.51. The van der Waals surface area contributed by atoms with Gasteiger partial charge < -0.3 is 5.32 Å². The molecule has 0 radical (unpaired) electrons. The van der Waals surface area contributed by atoms with E-state index in [4.69, 9.17) is 0 Å². The van der Waals surface area contributed by atoms with Crippen molar-refractivity contribution in [1.82, 2.24) is 20.2 Å². The van der Waals surface area contributed by atoms with Crippen LogP contribution in [0.3, 0.4) is 0 Å². The van der Waals surface area contributed by atoms with Gasteiger partial charge in [0.15, 0.2) is 5.03 Å². The van der Waals surface area contributed by atoms with Gasteiger partial charge in [0.1, 0.15) is 0 Å². The van der Waals surface area contributed by atoms with E-state index in [9.17, 15) is 8.42 Å². The van der Waals surface area contributed by atoms with E-state index in [0.29, 0.717) is 12.5 Å². The highest BCUT2D eigenvalue weighted by Crippen LogP contribution is 2.33. The second kappa shape index (κ2) is 5.60. The summed E-state index contributed by atoms with van der Waals surface area (Å²) in [6.07, 6.45) is 2.21. The first-order chi connectivity index (χ1) is 8.95. The fraction of sp³-hybridized carbons (Fsp3) is 0.750. The Bertz CT molecular complexity index is 534. The van der Waals surface area contributed by atoms with Crippen molar-refractivity contribution in [2.24, 2.45) is 5.92 Å². The minimum absolute atomic E-state index is 0.0195. The molecular formula is C12H22N4O2S. The fourth-order valence-corrected chi connectivity index (χ4v) is 3.61. The minimum Gasteiger partial charge on any atom is -0.313 e. The number of rotatable bonds is 7. The molecule has 1 atom stereocenters. The summed E-state index contributed by atoms with van der Waals surface area (Å²) in [6, 6.07) is -0.0195. The van der Waals surface area contributed by atoms with E-state index in [1.54, 1.807) is 0 Å². The number of nitrogens with one attached hydrogen (secondary N) is 3. The van der Waals surface area contributed by atoms with E-state index < -0.39 is 10.0 Å². The molecule has 1 aromatic rings. The third-order valence-corrected chi connectivity index (χ3v) is 5.04. The van der Waals surface area contributed by atoms with Crippen molar-refractivity contribution in [1.29, 1.82) is 0 Å².